The Bertz CT molecular complexity index is 853. The third kappa shape index (κ3) is 2.95. The Balaban J connectivity index is 2.17. The van der Waals surface area contributed by atoms with Crippen LogP contribution in [-0.4, -0.2) is 22.9 Å². The molecule has 2 aromatic carbocycles. The van der Waals surface area contributed by atoms with Crippen LogP contribution >= 0.6 is 0 Å². The molecule has 0 spiro atoms. The fourth-order valence-electron chi connectivity index (χ4n) is 3.04. The fourth-order valence-corrected chi connectivity index (χ4v) is 3.04. The van der Waals surface area contributed by atoms with Crippen molar-refractivity contribution < 1.29 is 4.79 Å². The molecule has 3 rings (SSSR count). The number of imidazole rings is 1. The maximum Gasteiger partial charge on any atom is 0.251 e. The summed E-state index contributed by atoms with van der Waals surface area (Å²) in [7, 11) is 1.64. The first-order chi connectivity index (χ1) is 11.6. The highest BCUT2D eigenvalue weighted by Gasteiger charge is 2.21. The van der Waals surface area contributed by atoms with E-state index in [1.165, 1.54) is 16.7 Å². The number of hydrogen-bond acceptors (Lipinski definition) is 2. The molecule has 1 unspecified atom stereocenters. The summed E-state index contributed by atoms with van der Waals surface area (Å²) < 4.78 is 0. The molecular formula is C20H21N3O. The van der Waals surface area contributed by atoms with Crippen LogP contribution in [-0.2, 0) is 0 Å². The summed E-state index contributed by atoms with van der Waals surface area (Å²) >= 11 is 0. The number of aromatic amines is 1. The lowest BCUT2D eigenvalue weighted by Gasteiger charge is -2.20. The van der Waals surface area contributed by atoms with Gasteiger partial charge >= 0.3 is 0 Å². The van der Waals surface area contributed by atoms with Gasteiger partial charge in [0.15, 0.2) is 0 Å². The Kier molecular flexibility index (Phi) is 4.47. The molecule has 4 nitrogen and oxygen atoms in total. The molecule has 4 heteroatoms. The zero-order valence-electron chi connectivity index (χ0n) is 14.1. The monoisotopic (exact) mass is 319 g/mol. The standard InChI is InChI=1S/C20H21N3O/c1-13-6-4-9-17(14(13)2)19(18-11-22-12-23-18)15-7-5-8-16(10-15)20(24)21-3/h4-12,19H,1-3H3,(H,21,24)(H,22,23). The number of nitrogens with zero attached hydrogens (tertiary/aromatic N) is 1. The highest BCUT2D eigenvalue weighted by molar-refractivity contribution is 5.94. The molecule has 1 atom stereocenters. The van der Waals surface area contributed by atoms with Gasteiger partial charge in [0, 0.05) is 24.5 Å². The number of rotatable bonds is 4. The number of carbonyl (C=O) groups excluding carboxylic acids is 1. The van der Waals surface area contributed by atoms with Crippen LogP contribution in [0.3, 0.4) is 0 Å². The molecule has 0 bridgehead atoms. The highest BCUT2D eigenvalue weighted by Crippen LogP contribution is 2.33. The minimum Gasteiger partial charge on any atom is -0.355 e. The Hall–Kier alpha value is -2.88. The van der Waals surface area contributed by atoms with Crippen LogP contribution in [0.5, 0.6) is 0 Å². The molecule has 0 aliphatic carbocycles. The molecule has 0 radical (unpaired) electrons. The number of hydrogen-bond donors (Lipinski definition) is 2. The molecule has 2 N–H and O–H groups in total. The lowest BCUT2D eigenvalue weighted by Crippen LogP contribution is -2.18. The molecule has 0 fully saturated rings. The first-order valence-electron chi connectivity index (χ1n) is 7.98. The molecule has 1 amide bonds. The van der Waals surface area contributed by atoms with Crippen molar-refractivity contribution >= 4 is 5.91 Å². The van der Waals surface area contributed by atoms with Gasteiger partial charge < -0.3 is 10.3 Å². The lowest BCUT2D eigenvalue weighted by molar-refractivity contribution is 0.0963. The third-order valence-electron chi connectivity index (χ3n) is 4.50. The molecule has 24 heavy (non-hydrogen) atoms. The Labute approximate surface area is 142 Å². The number of benzene rings is 2. The Morgan fingerprint density at radius 2 is 1.96 bits per heavy atom. The Morgan fingerprint density at radius 1 is 1.17 bits per heavy atom. The van der Waals surface area contributed by atoms with E-state index in [9.17, 15) is 4.79 Å². The summed E-state index contributed by atoms with van der Waals surface area (Å²) in [5.74, 6) is -0.0711. The predicted molar refractivity (Wildman–Crippen MR) is 95.3 cm³/mol. The molecule has 1 heterocycles. The second kappa shape index (κ2) is 6.71. The largest absolute Gasteiger partial charge is 0.355 e. The number of nitrogens with one attached hydrogen (secondary N) is 2. The third-order valence-corrected chi connectivity index (χ3v) is 4.50. The van der Waals surface area contributed by atoms with Crippen LogP contribution in [0.2, 0.25) is 0 Å². The van der Waals surface area contributed by atoms with Gasteiger partial charge in [-0.25, -0.2) is 4.98 Å². The molecule has 122 valence electrons. The summed E-state index contributed by atoms with van der Waals surface area (Å²) in [6.45, 7) is 4.25. The highest BCUT2D eigenvalue weighted by atomic mass is 16.1. The second-order valence-corrected chi connectivity index (χ2v) is 5.93. The van der Waals surface area contributed by atoms with Crippen molar-refractivity contribution in [3.8, 4) is 0 Å². The van der Waals surface area contributed by atoms with Gasteiger partial charge in [-0.05, 0) is 48.2 Å². The zero-order chi connectivity index (χ0) is 17.1. The van der Waals surface area contributed by atoms with E-state index in [0.717, 1.165) is 11.3 Å². The van der Waals surface area contributed by atoms with Crippen molar-refractivity contribution in [2.75, 3.05) is 7.05 Å². The molecule has 0 saturated carbocycles. The van der Waals surface area contributed by atoms with E-state index in [4.69, 9.17) is 0 Å². The number of aryl methyl sites for hydroxylation is 1. The Morgan fingerprint density at radius 3 is 2.67 bits per heavy atom. The van der Waals surface area contributed by atoms with Crippen LogP contribution < -0.4 is 5.32 Å². The van der Waals surface area contributed by atoms with Crippen LogP contribution in [0.25, 0.3) is 0 Å². The maximum absolute atomic E-state index is 12.0. The van der Waals surface area contributed by atoms with Gasteiger partial charge in [-0.15, -0.1) is 0 Å². The van der Waals surface area contributed by atoms with Crippen molar-refractivity contribution in [1.82, 2.24) is 15.3 Å². The van der Waals surface area contributed by atoms with Gasteiger partial charge in [-0.2, -0.15) is 0 Å². The van der Waals surface area contributed by atoms with Crippen molar-refractivity contribution in [3.05, 3.63) is 88.5 Å². The van der Waals surface area contributed by atoms with Gasteiger partial charge in [0.05, 0.1) is 12.2 Å². The molecule has 0 aliphatic heterocycles. The van der Waals surface area contributed by atoms with Crippen LogP contribution in [0.4, 0.5) is 0 Å². The average molecular weight is 319 g/mol. The summed E-state index contributed by atoms with van der Waals surface area (Å²) in [4.78, 5) is 19.4. The van der Waals surface area contributed by atoms with E-state index in [-0.39, 0.29) is 11.8 Å². The normalized spacial score (nSPS) is 12.0. The van der Waals surface area contributed by atoms with E-state index in [1.807, 2.05) is 24.4 Å². The lowest BCUT2D eigenvalue weighted by atomic mass is 9.84. The summed E-state index contributed by atoms with van der Waals surface area (Å²) in [6, 6.07) is 14.1. The van der Waals surface area contributed by atoms with Crippen molar-refractivity contribution in [2.24, 2.45) is 0 Å². The van der Waals surface area contributed by atoms with Gasteiger partial charge in [0.1, 0.15) is 0 Å². The van der Waals surface area contributed by atoms with Crippen molar-refractivity contribution in [3.63, 3.8) is 0 Å². The van der Waals surface area contributed by atoms with Crippen molar-refractivity contribution in [2.45, 2.75) is 19.8 Å². The quantitative estimate of drug-likeness (QED) is 0.772. The minimum atomic E-state index is -0.0822. The van der Waals surface area contributed by atoms with Crippen molar-refractivity contribution in [1.29, 1.82) is 0 Å². The molecule has 0 saturated heterocycles. The summed E-state index contributed by atoms with van der Waals surface area (Å²) in [6.07, 6.45) is 3.54. The fraction of sp³-hybridized carbons (Fsp3) is 0.200. The molecule has 1 aromatic heterocycles. The first-order valence-corrected chi connectivity index (χ1v) is 7.98. The van der Waals surface area contributed by atoms with Gasteiger partial charge in [-0.1, -0.05) is 30.3 Å². The minimum absolute atomic E-state index is 0.0111. The van der Waals surface area contributed by atoms with Gasteiger partial charge in [-0.3, -0.25) is 4.79 Å². The van der Waals surface area contributed by atoms with Crippen LogP contribution in [0.1, 0.15) is 44.2 Å². The summed E-state index contributed by atoms with van der Waals surface area (Å²) in [5.41, 5.74) is 6.45. The molecule has 3 aromatic rings. The molecule has 0 aliphatic rings. The van der Waals surface area contributed by atoms with Gasteiger partial charge in [0.2, 0.25) is 0 Å². The average Bonchev–Trinajstić information content (AvgIpc) is 3.12. The number of aromatic nitrogens is 2. The second-order valence-electron chi connectivity index (χ2n) is 5.93. The van der Waals surface area contributed by atoms with Crippen LogP contribution in [0.15, 0.2) is 55.0 Å². The smallest absolute Gasteiger partial charge is 0.251 e. The predicted octanol–water partition coefficient (Wildman–Crippen LogP) is 3.57. The van der Waals surface area contributed by atoms with E-state index in [1.54, 1.807) is 13.4 Å². The SMILES string of the molecule is CNC(=O)c1cccc(C(c2cnc[nH]2)c2cccc(C)c2C)c1. The van der Waals surface area contributed by atoms with E-state index < -0.39 is 0 Å². The number of carbonyl (C=O) groups is 1. The van der Waals surface area contributed by atoms with E-state index in [0.29, 0.717) is 5.56 Å². The number of H-pyrrole nitrogens is 1. The number of amides is 1. The van der Waals surface area contributed by atoms with Gasteiger partial charge in [0.25, 0.3) is 5.91 Å². The topological polar surface area (TPSA) is 57.8 Å². The first kappa shape index (κ1) is 16.0. The van der Waals surface area contributed by atoms with E-state index in [2.05, 4.69) is 53.4 Å². The maximum atomic E-state index is 12.0. The van der Waals surface area contributed by atoms with Crippen LogP contribution in [0, 0.1) is 13.8 Å². The molecular weight excluding hydrogens is 298 g/mol. The summed E-state index contributed by atoms with van der Waals surface area (Å²) in [5, 5.41) is 2.68. The van der Waals surface area contributed by atoms with E-state index >= 15 is 0 Å². The zero-order valence-corrected chi connectivity index (χ0v) is 14.1.